The number of nitrogens with one attached hydrogen (secondary N) is 2. The van der Waals surface area contributed by atoms with Crippen molar-refractivity contribution in [2.45, 2.75) is 18.2 Å². The van der Waals surface area contributed by atoms with Crippen molar-refractivity contribution in [3.05, 3.63) is 18.3 Å². The molecule has 18 heavy (non-hydrogen) atoms. The van der Waals surface area contributed by atoms with Crippen molar-refractivity contribution >= 4 is 21.7 Å². The molecule has 4 N–H and O–H groups in total. The Labute approximate surface area is 106 Å². The van der Waals surface area contributed by atoms with Crippen LogP contribution in [0.1, 0.15) is 13.3 Å². The lowest BCUT2D eigenvalue weighted by molar-refractivity contribution is -0.120. The van der Waals surface area contributed by atoms with E-state index >= 15 is 0 Å². The van der Waals surface area contributed by atoms with Gasteiger partial charge in [0.2, 0.25) is 15.9 Å². The molecule has 1 heterocycles. The minimum atomic E-state index is -3.64. The fourth-order valence-corrected chi connectivity index (χ4v) is 2.32. The van der Waals surface area contributed by atoms with Crippen molar-refractivity contribution in [2.75, 3.05) is 18.8 Å². The van der Waals surface area contributed by atoms with Gasteiger partial charge in [-0.25, -0.2) is 18.1 Å². The number of amides is 1. The molecule has 8 heteroatoms. The molecule has 0 aliphatic heterocycles. The predicted molar refractivity (Wildman–Crippen MR) is 67.1 cm³/mol. The third-order valence-electron chi connectivity index (χ3n) is 2.08. The Balaban J connectivity index is 2.58. The van der Waals surface area contributed by atoms with Crippen LogP contribution in [-0.2, 0) is 14.8 Å². The van der Waals surface area contributed by atoms with Gasteiger partial charge in [-0.2, -0.15) is 0 Å². The topological polar surface area (TPSA) is 114 Å². The Morgan fingerprint density at radius 1 is 1.50 bits per heavy atom. The summed E-state index contributed by atoms with van der Waals surface area (Å²) in [6.07, 6.45) is 1.40. The number of nitrogen functional groups attached to an aromatic ring is 1. The molecule has 1 amide bonds. The molecular formula is C10H16N4O3S. The maximum atomic E-state index is 11.8. The molecule has 7 nitrogen and oxygen atoms in total. The zero-order chi connectivity index (χ0) is 13.6. The first kappa shape index (κ1) is 14.4. The number of carbonyl (C=O) groups excluding carboxylic acids is 1. The van der Waals surface area contributed by atoms with Crippen LogP contribution in [0.4, 0.5) is 5.82 Å². The van der Waals surface area contributed by atoms with E-state index in [-0.39, 0.29) is 29.6 Å². The van der Waals surface area contributed by atoms with Gasteiger partial charge in [0, 0.05) is 31.8 Å². The minimum absolute atomic E-state index is 0.0332. The number of rotatable bonds is 6. The molecule has 1 aromatic heterocycles. The van der Waals surface area contributed by atoms with Crippen LogP contribution in [-0.4, -0.2) is 32.4 Å². The van der Waals surface area contributed by atoms with Gasteiger partial charge in [0.15, 0.2) is 0 Å². The maximum absolute atomic E-state index is 11.8. The second-order valence-corrected chi connectivity index (χ2v) is 5.28. The van der Waals surface area contributed by atoms with Crippen molar-refractivity contribution in [3.8, 4) is 0 Å². The number of anilines is 1. The second-order valence-electron chi connectivity index (χ2n) is 3.52. The summed E-state index contributed by atoms with van der Waals surface area (Å²) >= 11 is 0. The van der Waals surface area contributed by atoms with Crippen LogP contribution in [0.3, 0.4) is 0 Å². The van der Waals surface area contributed by atoms with Gasteiger partial charge in [0.05, 0.1) is 4.90 Å². The van der Waals surface area contributed by atoms with Gasteiger partial charge in [-0.05, 0) is 13.0 Å². The maximum Gasteiger partial charge on any atom is 0.240 e. The van der Waals surface area contributed by atoms with Gasteiger partial charge < -0.3 is 11.1 Å². The molecule has 100 valence electrons. The van der Waals surface area contributed by atoms with Crippen LogP contribution in [0.25, 0.3) is 0 Å². The summed E-state index contributed by atoms with van der Waals surface area (Å²) in [6, 6.07) is 2.60. The van der Waals surface area contributed by atoms with Crippen LogP contribution < -0.4 is 15.8 Å². The zero-order valence-electron chi connectivity index (χ0n) is 10.0. The van der Waals surface area contributed by atoms with Gasteiger partial charge in [-0.3, -0.25) is 4.79 Å². The molecule has 0 fully saturated rings. The Bertz CT molecular complexity index is 516. The molecular weight excluding hydrogens is 256 g/mol. The lowest BCUT2D eigenvalue weighted by Crippen LogP contribution is -2.30. The van der Waals surface area contributed by atoms with E-state index in [4.69, 9.17) is 5.73 Å². The fraction of sp³-hybridized carbons (Fsp3) is 0.400. The summed E-state index contributed by atoms with van der Waals surface area (Å²) in [7, 11) is -3.64. The number of sulfonamides is 1. The number of aromatic nitrogens is 1. The lowest BCUT2D eigenvalue weighted by atomic mass is 10.4. The van der Waals surface area contributed by atoms with Gasteiger partial charge in [-0.1, -0.05) is 0 Å². The molecule has 0 aliphatic rings. The summed E-state index contributed by atoms with van der Waals surface area (Å²) in [4.78, 5) is 14.9. The molecule has 0 aliphatic carbocycles. The molecule has 0 saturated heterocycles. The number of carbonyl (C=O) groups is 1. The van der Waals surface area contributed by atoms with E-state index in [9.17, 15) is 13.2 Å². The van der Waals surface area contributed by atoms with E-state index in [1.807, 2.05) is 0 Å². The molecule has 0 atom stereocenters. The number of hydrogen-bond donors (Lipinski definition) is 3. The summed E-state index contributed by atoms with van der Waals surface area (Å²) in [5.41, 5.74) is 5.40. The number of pyridine rings is 1. The molecule has 0 saturated carbocycles. The highest BCUT2D eigenvalue weighted by atomic mass is 32.2. The highest BCUT2D eigenvalue weighted by Gasteiger charge is 2.14. The standard InChI is InChI=1S/C10H16N4O3S/c1-2-12-10(15)4-6-14-18(16,17)8-3-5-13-9(11)7-8/h3,5,7,14H,2,4,6H2,1H3,(H2,11,13)(H,12,15). The first-order chi connectivity index (χ1) is 8.45. The molecule has 0 spiro atoms. The SMILES string of the molecule is CCNC(=O)CCNS(=O)(=O)c1ccnc(N)c1. The predicted octanol–water partition coefficient (Wildman–Crippen LogP) is -0.532. The van der Waals surface area contributed by atoms with Crippen LogP contribution in [0.2, 0.25) is 0 Å². The first-order valence-electron chi connectivity index (χ1n) is 5.43. The van der Waals surface area contributed by atoms with Crippen molar-refractivity contribution in [1.29, 1.82) is 0 Å². The van der Waals surface area contributed by atoms with E-state index in [0.717, 1.165) is 0 Å². The Hall–Kier alpha value is -1.67. The van der Waals surface area contributed by atoms with E-state index < -0.39 is 10.0 Å². The molecule has 0 bridgehead atoms. The molecule has 0 unspecified atom stereocenters. The van der Waals surface area contributed by atoms with E-state index in [2.05, 4.69) is 15.0 Å². The van der Waals surface area contributed by atoms with Crippen LogP contribution in [0.5, 0.6) is 0 Å². The highest BCUT2D eigenvalue weighted by molar-refractivity contribution is 7.89. The molecule has 1 rings (SSSR count). The summed E-state index contributed by atoms with van der Waals surface area (Å²) in [5.74, 6) is -0.0731. The molecule has 0 aromatic carbocycles. The van der Waals surface area contributed by atoms with Crippen molar-refractivity contribution in [1.82, 2.24) is 15.0 Å². The molecule has 1 aromatic rings. The average Bonchev–Trinajstić information content (AvgIpc) is 2.29. The van der Waals surface area contributed by atoms with Gasteiger partial charge in [-0.15, -0.1) is 0 Å². The first-order valence-corrected chi connectivity index (χ1v) is 6.92. The largest absolute Gasteiger partial charge is 0.384 e. The summed E-state index contributed by atoms with van der Waals surface area (Å²) < 4.78 is 25.9. The number of nitrogens with two attached hydrogens (primary N) is 1. The van der Waals surface area contributed by atoms with E-state index in [0.29, 0.717) is 6.54 Å². The van der Waals surface area contributed by atoms with E-state index in [1.165, 1.54) is 18.3 Å². The van der Waals surface area contributed by atoms with Crippen LogP contribution >= 0.6 is 0 Å². The van der Waals surface area contributed by atoms with Crippen molar-refractivity contribution < 1.29 is 13.2 Å². The zero-order valence-corrected chi connectivity index (χ0v) is 10.8. The highest BCUT2D eigenvalue weighted by Crippen LogP contribution is 2.09. The number of nitrogens with zero attached hydrogens (tertiary/aromatic N) is 1. The quantitative estimate of drug-likeness (QED) is 0.644. The average molecular weight is 272 g/mol. The second kappa shape index (κ2) is 6.31. The normalized spacial score (nSPS) is 11.2. The van der Waals surface area contributed by atoms with E-state index in [1.54, 1.807) is 6.92 Å². The van der Waals surface area contributed by atoms with Crippen LogP contribution in [0.15, 0.2) is 23.2 Å². The smallest absolute Gasteiger partial charge is 0.240 e. The van der Waals surface area contributed by atoms with Gasteiger partial charge in [0.1, 0.15) is 5.82 Å². The summed E-state index contributed by atoms with van der Waals surface area (Å²) in [6.45, 7) is 2.35. The minimum Gasteiger partial charge on any atom is -0.384 e. The third-order valence-corrected chi connectivity index (χ3v) is 3.54. The van der Waals surface area contributed by atoms with Crippen molar-refractivity contribution in [2.24, 2.45) is 0 Å². The van der Waals surface area contributed by atoms with Gasteiger partial charge in [0.25, 0.3) is 0 Å². The Kier molecular flexibility index (Phi) is 5.05. The fourth-order valence-electron chi connectivity index (χ4n) is 1.26. The van der Waals surface area contributed by atoms with Crippen molar-refractivity contribution in [3.63, 3.8) is 0 Å². The Morgan fingerprint density at radius 3 is 2.83 bits per heavy atom. The Morgan fingerprint density at radius 2 is 2.22 bits per heavy atom. The summed E-state index contributed by atoms with van der Waals surface area (Å²) in [5, 5.41) is 2.58. The third kappa shape index (κ3) is 4.30. The number of hydrogen-bond acceptors (Lipinski definition) is 5. The molecule has 0 radical (unpaired) electrons. The lowest BCUT2D eigenvalue weighted by Gasteiger charge is -2.07. The van der Waals surface area contributed by atoms with Crippen LogP contribution in [0, 0.1) is 0 Å². The monoisotopic (exact) mass is 272 g/mol. The van der Waals surface area contributed by atoms with Gasteiger partial charge >= 0.3 is 0 Å².